The lowest BCUT2D eigenvalue weighted by atomic mass is 10.1. The van der Waals surface area contributed by atoms with Crippen LogP contribution >= 0.6 is 0 Å². The summed E-state index contributed by atoms with van der Waals surface area (Å²) in [6, 6.07) is 19.6. The summed E-state index contributed by atoms with van der Waals surface area (Å²) in [6.45, 7) is 11.4. The van der Waals surface area contributed by atoms with Gasteiger partial charge in [0.05, 0.1) is 0 Å². The number of nitrogens with one attached hydrogen (secondary N) is 2. The molecule has 0 atom stereocenters. The lowest BCUT2D eigenvalue weighted by Gasteiger charge is -2.36. The van der Waals surface area contributed by atoms with Crippen molar-refractivity contribution in [2.24, 2.45) is 0 Å². The van der Waals surface area contributed by atoms with Crippen molar-refractivity contribution >= 4 is 28.9 Å². The van der Waals surface area contributed by atoms with Crippen LogP contribution < -0.4 is 20.3 Å². The highest BCUT2D eigenvalue weighted by molar-refractivity contribution is 6.06. The van der Waals surface area contributed by atoms with Crippen LogP contribution in [0.3, 0.4) is 0 Å². The van der Waals surface area contributed by atoms with Gasteiger partial charge in [-0.1, -0.05) is 31.2 Å². The monoisotopic (exact) mass is 554 g/mol. The van der Waals surface area contributed by atoms with E-state index in [0.717, 1.165) is 49.5 Å². The summed E-state index contributed by atoms with van der Waals surface area (Å²) < 4.78 is 19.8. The molecule has 1 aliphatic rings. The number of nitrogens with zero attached hydrogens (tertiary/aromatic N) is 4. The third kappa shape index (κ3) is 6.99. The predicted octanol–water partition coefficient (Wildman–Crippen LogP) is 6.55. The SMILES string of the molecule is CCCN1CCN(c2ccc(Nc3ncc(C(=O)Nc4c(C)cccc4C)c(Oc4cccc(F)c4)n3)cc2)CC1. The summed E-state index contributed by atoms with van der Waals surface area (Å²) in [5, 5.41) is 6.14. The summed E-state index contributed by atoms with van der Waals surface area (Å²) in [4.78, 5) is 27.1. The van der Waals surface area contributed by atoms with Crippen molar-refractivity contribution < 1.29 is 13.9 Å². The molecule has 4 aromatic rings. The van der Waals surface area contributed by atoms with Gasteiger partial charge >= 0.3 is 0 Å². The summed E-state index contributed by atoms with van der Waals surface area (Å²) in [6.07, 6.45) is 2.59. The molecule has 2 N–H and O–H groups in total. The second kappa shape index (κ2) is 12.8. The quantitative estimate of drug-likeness (QED) is 0.243. The number of amides is 1. The topological polar surface area (TPSA) is 82.6 Å². The van der Waals surface area contributed by atoms with Gasteiger partial charge in [-0.25, -0.2) is 9.37 Å². The van der Waals surface area contributed by atoms with Crippen LogP contribution in [0.25, 0.3) is 0 Å². The second-order valence-corrected chi connectivity index (χ2v) is 10.2. The van der Waals surface area contributed by atoms with Crippen LogP contribution in [-0.4, -0.2) is 53.5 Å². The number of carbonyl (C=O) groups is 1. The Bertz CT molecular complexity index is 1480. The van der Waals surface area contributed by atoms with Gasteiger partial charge in [0, 0.05) is 55.5 Å². The Morgan fingerprint density at radius 3 is 2.37 bits per heavy atom. The van der Waals surface area contributed by atoms with Crippen molar-refractivity contribution in [1.29, 1.82) is 0 Å². The Labute approximate surface area is 240 Å². The van der Waals surface area contributed by atoms with E-state index >= 15 is 0 Å². The lowest BCUT2D eigenvalue weighted by molar-refractivity contribution is 0.102. The molecule has 1 saturated heterocycles. The third-order valence-electron chi connectivity index (χ3n) is 7.13. The van der Waals surface area contributed by atoms with Gasteiger partial charge in [0.25, 0.3) is 5.91 Å². The smallest absolute Gasteiger partial charge is 0.262 e. The minimum Gasteiger partial charge on any atom is -0.438 e. The third-order valence-corrected chi connectivity index (χ3v) is 7.13. The molecule has 8 nitrogen and oxygen atoms in total. The fourth-order valence-electron chi connectivity index (χ4n) is 4.93. The molecule has 41 heavy (non-hydrogen) atoms. The molecule has 0 spiro atoms. The van der Waals surface area contributed by atoms with E-state index in [1.54, 1.807) is 6.07 Å². The fraction of sp³-hybridized carbons (Fsp3) is 0.281. The summed E-state index contributed by atoms with van der Waals surface area (Å²) in [7, 11) is 0. The molecule has 1 aromatic heterocycles. The molecule has 3 aromatic carbocycles. The van der Waals surface area contributed by atoms with E-state index in [0.29, 0.717) is 5.69 Å². The highest BCUT2D eigenvalue weighted by Crippen LogP contribution is 2.28. The first-order valence-electron chi connectivity index (χ1n) is 13.9. The standard InChI is InChI=1S/C32H35FN6O2/c1-4-15-38-16-18-39(19-17-38)26-13-11-25(12-14-26)35-32-34-21-28(30(40)36-29-22(2)7-5-8-23(29)3)31(37-32)41-27-10-6-9-24(33)20-27/h5-14,20-21H,4,15-19H2,1-3H3,(H,36,40)(H,34,35,37). The highest BCUT2D eigenvalue weighted by Gasteiger charge is 2.20. The molecular formula is C32H35FN6O2. The molecule has 0 bridgehead atoms. The molecular weight excluding hydrogens is 519 g/mol. The average molecular weight is 555 g/mol. The van der Waals surface area contributed by atoms with Crippen molar-refractivity contribution in [2.45, 2.75) is 27.2 Å². The second-order valence-electron chi connectivity index (χ2n) is 10.2. The van der Waals surface area contributed by atoms with E-state index in [1.807, 2.05) is 44.2 Å². The predicted molar refractivity (Wildman–Crippen MR) is 161 cm³/mol. The first-order chi connectivity index (χ1) is 19.9. The van der Waals surface area contributed by atoms with E-state index in [2.05, 4.69) is 49.5 Å². The number of halogens is 1. The van der Waals surface area contributed by atoms with Crippen molar-refractivity contribution in [2.75, 3.05) is 48.3 Å². The van der Waals surface area contributed by atoms with Crippen LogP contribution in [0.2, 0.25) is 0 Å². The fourth-order valence-corrected chi connectivity index (χ4v) is 4.93. The number of piperazine rings is 1. The molecule has 1 aliphatic heterocycles. The summed E-state index contributed by atoms with van der Waals surface area (Å²) >= 11 is 0. The van der Waals surface area contributed by atoms with Gasteiger partial charge in [-0.05, 0) is 74.3 Å². The largest absolute Gasteiger partial charge is 0.438 e. The molecule has 0 radical (unpaired) electrons. The maximum Gasteiger partial charge on any atom is 0.262 e. The van der Waals surface area contributed by atoms with Gasteiger partial charge < -0.3 is 20.3 Å². The van der Waals surface area contributed by atoms with Gasteiger partial charge in [-0.3, -0.25) is 9.69 Å². The molecule has 0 aliphatic carbocycles. The van der Waals surface area contributed by atoms with Crippen molar-refractivity contribution in [3.05, 3.63) is 95.4 Å². The molecule has 0 saturated carbocycles. The molecule has 0 unspecified atom stereocenters. The van der Waals surface area contributed by atoms with E-state index in [9.17, 15) is 9.18 Å². The molecule has 212 valence electrons. The van der Waals surface area contributed by atoms with Crippen molar-refractivity contribution in [3.63, 3.8) is 0 Å². The number of hydrogen-bond donors (Lipinski definition) is 2. The first kappa shape index (κ1) is 28.0. The maximum atomic E-state index is 13.9. The maximum absolute atomic E-state index is 13.9. The van der Waals surface area contributed by atoms with E-state index in [-0.39, 0.29) is 23.1 Å². The number of carbonyl (C=O) groups excluding carboxylic acids is 1. The number of hydrogen-bond acceptors (Lipinski definition) is 7. The molecule has 2 heterocycles. The number of aromatic nitrogens is 2. The molecule has 1 amide bonds. The summed E-state index contributed by atoms with van der Waals surface area (Å²) in [5.41, 5.74) is 4.65. The first-order valence-corrected chi connectivity index (χ1v) is 13.9. The van der Waals surface area contributed by atoms with Gasteiger partial charge in [0.2, 0.25) is 11.8 Å². The Morgan fingerprint density at radius 2 is 1.68 bits per heavy atom. The Kier molecular flexibility index (Phi) is 8.74. The number of para-hydroxylation sites is 1. The number of rotatable bonds is 9. The summed E-state index contributed by atoms with van der Waals surface area (Å²) in [5.74, 6) is -0.398. The van der Waals surface area contributed by atoms with E-state index in [1.165, 1.54) is 36.5 Å². The Morgan fingerprint density at radius 1 is 0.976 bits per heavy atom. The normalized spacial score (nSPS) is 13.6. The zero-order chi connectivity index (χ0) is 28.8. The van der Waals surface area contributed by atoms with Crippen LogP contribution in [-0.2, 0) is 0 Å². The number of benzene rings is 3. The van der Waals surface area contributed by atoms with Crippen LogP contribution in [0, 0.1) is 19.7 Å². The van der Waals surface area contributed by atoms with Crippen molar-refractivity contribution in [3.8, 4) is 11.6 Å². The Balaban J connectivity index is 1.35. The minimum atomic E-state index is -0.455. The zero-order valence-electron chi connectivity index (χ0n) is 23.7. The van der Waals surface area contributed by atoms with Crippen LogP contribution in [0.1, 0.15) is 34.8 Å². The molecule has 1 fully saturated rings. The van der Waals surface area contributed by atoms with Crippen LogP contribution in [0.5, 0.6) is 11.6 Å². The van der Waals surface area contributed by atoms with Crippen LogP contribution in [0.15, 0.2) is 72.9 Å². The Hall–Kier alpha value is -4.50. The average Bonchev–Trinajstić information content (AvgIpc) is 2.96. The van der Waals surface area contributed by atoms with Gasteiger partial charge in [0.15, 0.2) is 0 Å². The number of ether oxygens (including phenoxy) is 1. The van der Waals surface area contributed by atoms with Gasteiger partial charge in [-0.2, -0.15) is 4.98 Å². The highest BCUT2D eigenvalue weighted by atomic mass is 19.1. The van der Waals surface area contributed by atoms with Crippen molar-refractivity contribution in [1.82, 2.24) is 14.9 Å². The molecule has 9 heteroatoms. The van der Waals surface area contributed by atoms with Crippen LogP contribution in [0.4, 0.5) is 27.4 Å². The van der Waals surface area contributed by atoms with E-state index < -0.39 is 11.7 Å². The lowest BCUT2D eigenvalue weighted by Crippen LogP contribution is -2.46. The van der Waals surface area contributed by atoms with Gasteiger partial charge in [0.1, 0.15) is 17.1 Å². The minimum absolute atomic E-state index is 0.0124. The van der Waals surface area contributed by atoms with Gasteiger partial charge in [-0.15, -0.1) is 0 Å². The zero-order valence-corrected chi connectivity index (χ0v) is 23.7. The van der Waals surface area contributed by atoms with E-state index in [4.69, 9.17) is 4.74 Å². The number of aryl methyl sites for hydroxylation is 2. The molecule has 5 rings (SSSR count). The number of anilines is 4.